The van der Waals surface area contributed by atoms with Crippen molar-refractivity contribution in [1.82, 2.24) is 4.57 Å². The molecular formula is C20H22N3O4P. The quantitative estimate of drug-likeness (QED) is 0.562. The first-order chi connectivity index (χ1) is 13.5. The van der Waals surface area contributed by atoms with Gasteiger partial charge in [0.05, 0.1) is 23.9 Å². The van der Waals surface area contributed by atoms with Crippen LogP contribution in [-0.4, -0.2) is 25.9 Å². The van der Waals surface area contributed by atoms with Crippen molar-refractivity contribution in [3.63, 3.8) is 0 Å². The molecule has 0 radical (unpaired) electrons. The Labute approximate surface area is 164 Å². The summed E-state index contributed by atoms with van der Waals surface area (Å²) in [5, 5.41) is 13.4. The molecule has 0 atom stereocenters. The van der Waals surface area contributed by atoms with Gasteiger partial charge in [0.25, 0.3) is 0 Å². The van der Waals surface area contributed by atoms with Crippen LogP contribution in [0.25, 0.3) is 22.2 Å². The number of hydrogen-bond acceptors (Lipinski definition) is 5. The minimum absolute atomic E-state index is 0.593. The summed E-state index contributed by atoms with van der Waals surface area (Å²) < 4.78 is 29.5. The summed E-state index contributed by atoms with van der Waals surface area (Å²) in [6.45, 7) is 2.73. The first-order valence-corrected chi connectivity index (χ1v) is 10.2. The van der Waals surface area contributed by atoms with Crippen molar-refractivity contribution < 1.29 is 18.3 Å². The highest BCUT2D eigenvalue weighted by Crippen LogP contribution is 2.46. The molecule has 0 aliphatic rings. The summed E-state index contributed by atoms with van der Waals surface area (Å²) in [5.74, 6) is 0.741. The van der Waals surface area contributed by atoms with Gasteiger partial charge in [0.1, 0.15) is 11.8 Å². The van der Waals surface area contributed by atoms with Crippen LogP contribution >= 0.6 is 7.75 Å². The van der Waals surface area contributed by atoms with Crippen LogP contribution in [-0.2, 0) is 20.2 Å². The second-order valence-corrected chi connectivity index (χ2v) is 7.96. The van der Waals surface area contributed by atoms with E-state index in [1.54, 1.807) is 19.2 Å². The van der Waals surface area contributed by atoms with E-state index in [2.05, 4.69) is 15.7 Å². The Kier molecular flexibility index (Phi) is 5.76. The third kappa shape index (κ3) is 3.50. The number of ether oxygens (including phenoxy) is 1. The van der Waals surface area contributed by atoms with Crippen LogP contribution in [0.5, 0.6) is 5.75 Å². The van der Waals surface area contributed by atoms with Crippen LogP contribution in [0.3, 0.4) is 0 Å². The highest BCUT2D eigenvalue weighted by Gasteiger charge is 2.22. The minimum Gasteiger partial charge on any atom is -0.497 e. The second kappa shape index (κ2) is 8.07. The molecule has 28 heavy (non-hydrogen) atoms. The summed E-state index contributed by atoms with van der Waals surface area (Å²) in [6.07, 6.45) is 0. The maximum absolute atomic E-state index is 12.2. The molecule has 3 rings (SSSR count). The van der Waals surface area contributed by atoms with Gasteiger partial charge < -0.3 is 9.30 Å². The molecule has 8 heteroatoms. The van der Waals surface area contributed by atoms with Crippen molar-refractivity contribution in [3.8, 4) is 23.1 Å². The lowest BCUT2D eigenvalue weighted by atomic mass is 10.1. The van der Waals surface area contributed by atoms with E-state index in [1.165, 1.54) is 14.2 Å². The van der Waals surface area contributed by atoms with E-state index in [0.717, 1.165) is 27.9 Å². The summed E-state index contributed by atoms with van der Waals surface area (Å²) in [5.41, 5.74) is 3.86. The predicted molar refractivity (Wildman–Crippen MR) is 110 cm³/mol. The van der Waals surface area contributed by atoms with Gasteiger partial charge in [-0.15, -0.1) is 0 Å². The van der Waals surface area contributed by atoms with Crippen molar-refractivity contribution >= 4 is 24.3 Å². The molecule has 1 N–H and O–H groups in total. The van der Waals surface area contributed by atoms with E-state index in [0.29, 0.717) is 17.8 Å². The van der Waals surface area contributed by atoms with Gasteiger partial charge in [0.2, 0.25) is 0 Å². The van der Waals surface area contributed by atoms with Gasteiger partial charge in [-0.25, -0.2) is 4.57 Å². The average Bonchev–Trinajstić information content (AvgIpc) is 3.06. The molecule has 3 aromatic rings. The zero-order chi connectivity index (χ0) is 20.3. The molecule has 0 spiro atoms. The molecule has 1 heterocycles. The Hall–Kier alpha value is -2.78. The Bertz CT molecular complexity index is 1080. The third-order valence-electron chi connectivity index (χ3n) is 4.60. The monoisotopic (exact) mass is 399 g/mol. The number of hydrogen-bond donors (Lipinski definition) is 1. The fraction of sp³-hybridized carbons (Fsp3) is 0.250. The normalized spacial score (nSPS) is 11.4. The standard InChI is InChI=1S/C20H22N3O4P/c1-5-23-19-12-16(25-2)10-11-17(19)18(13-21)20(23)14-6-8-15(9-7-14)22-28(24,26-3)27-4/h6-12H,5H2,1-4H3,(H,22,24). The second-order valence-electron chi connectivity index (χ2n) is 6.01. The topological polar surface area (TPSA) is 85.5 Å². The molecule has 146 valence electrons. The largest absolute Gasteiger partial charge is 0.497 e. The van der Waals surface area contributed by atoms with E-state index in [9.17, 15) is 9.83 Å². The van der Waals surface area contributed by atoms with Gasteiger partial charge >= 0.3 is 7.75 Å². The molecule has 0 bridgehead atoms. The fourth-order valence-electron chi connectivity index (χ4n) is 3.22. The number of anilines is 1. The molecule has 7 nitrogen and oxygen atoms in total. The first kappa shape index (κ1) is 20.0. The van der Waals surface area contributed by atoms with Crippen LogP contribution in [0.4, 0.5) is 5.69 Å². The first-order valence-electron chi connectivity index (χ1n) is 8.70. The summed E-state index contributed by atoms with van der Waals surface area (Å²) in [7, 11) is 0.884. The maximum atomic E-state index is 12.2. The van der Waals surface area contributed by atoms with Crippen LogP contribution in [0.2, 0.25) is 0 Å². The molecule has 0 fully saturated rings. The van der Waals surface area contributed by atoms with E-state index in [1.807, 2.05) is 37.3 Å². The van der Waals surface area contributed by atoms with Crippen molar-refractivity contribution in [2.45, 2.75) is 13.5 Å². The number of fused-ring (bicyclic) bond motifs is 1. The van der Waals surface area contributed by atoms with E-state index >= 15 is 0 Å². The molecule has 0 amide bonds. The maximum Gasteiger partial charge on any atom is 0.432 e. The molecule has 0 aliphatic heterocycles. The number of nitrogens with one attached hydrogen (secondary N) is 1. The van der Waals surface area contributed by atoms with Crippen LogP contribution < -0.4 is 9.82 Å². The molecular weight excluding hydrogens is 377 g/mol. The van der Waals surface area contributed by atoms with Crippen molar-refractivity contribution in [1.29, 1.82) is 5.26 Å². The number of nitriles is 1. The van der Waals surface area contributed by atoms with Gasteiger partial charge in [0.15, 0.2) is 0 Å². The zero-order valence-corrected chi connectivity index (χ0v) is 17.1. The van der Waals surface area contributed by atoms with Gasteiger partial charge in [-0.1, -0.05) is 12.1 Å². The Balaban J connectivity index is 2.11. The van der Waals surface area contributed by atoms with Crippen LogP contribution in [0.1, 0.15) is 12.5 Å². The lowest BCUT2D eigenvalue weighted by Gasteiger charge is -2.16. The Morgan fingerprint density at radius 2 is 1.79 bits per heavy atom. The summed E-state index contributed by atoms with van der Waals surface area (Å²) >= 11 is 0. The Morgan fingerprint density at radius 3 is 2.32 bits per heavy atom. The van der Waals surface area contributed by atoms with E-state index < -0.39 is 7.75 Å². The number of rotatable bonds is 7. The molecule has 0 saturated heterocycles. The molecule has 0 unspecified atom stereocenters. The van der Waals surface area contributed by atoms with E-state index in [-0.39, 0.29) is 0 Å². The Morgan fingerprint density at radius 1 is 1.11 bits per heavy atom. The number of aryl methyl sites for hydroxylation is 1. The zero-order valence-electron chi connectivity index (χ0n) is 16.2. The smallest absolute Gasteiger partial charge is 0.432 e. The van der Waals surface area contributed by atoms with Crippen molar-refractivity contribution in [3.05, 3.63) is 48.0 Å². The van der Waals surface area contributed by atoms with Gasteiger partial charge in [-0.3, -0.25) is 14.1 Å². The van der Waals surface area contributed by atoms with Gasteiger partial charge in [0, 0.05) is 37.9 Å². The van der Waals surface area contributed by atoms with Crippen molar-refractivity contribution in [2.75, 3.05) is 26.4 Å². The minimum atomic E-state index is -3.37. The van der Waals surface area contributed by atoms with Crippen molar-refractivity contribution in [2.24, 2.45) is 0 Å². The van der Waals surface area contributed by atoms with Crippen LogP contribution in [0, 0.1) is 11.3 Å². The third-order valence-corrected chi connectivity index (χ3v) is 6.10. The summed E-state index contributed by atoms with van der Waals surface area (Å²) in [6, 6.07) is 15.3. The number of aromatic nitrogens is 1. The highest BCUT2D eigenvalue weighted by atomic mass is 31.2. The number of nitrogens with zero attached hydrogens (tertiary/aromatic N) is 2. The van der Waals surface area contributed by atoms with Gasteiger partial charge in [-0.05, 0) is 36.8 Å². The van der Waals surface area contributed by atoms with E-state index in [4.69, 9.17) is 13.8 Å². The fourth-order valence-corrected chi connectivity index (χ4v) is 4.02. The summed E-state index contributed by atoms with van der Waals surface area (Å²) in [4.78, 5) is 0. The lowest BCUT2D eigenvalue weighted by Crippen LogP contribution is -2.01. The number of methoxy groups -OCH3 is 1. The molecule has 0 aliphatic carbocycles. The lowest BCUT2D eigenvalue weighted by molar-refractivity contribution is 0.281. The molecule has 1 aromatic heterocycles. The molecule has 0 saturated carbocycles. The average molecular weight is 399 g/mol. The molecule has 2 aromatic carbocycles. The highest BCUT2D eigenvalue weighted by molar-refractivity contribution is 7.55. The predicted octanol–water partition coefficient (Wildman–Crippen LogP) is 5.02. The number of benzene rings is 2. The van der Waals surface area contributed by atoms with Crippen LogP contribution in [0.15, 0.2) is 42.5 Å². The van der Waals surface area contributed by atoms with Gasteiger partial charge in [-0.2, -0.15) is 5.26 Å². The SMILES string of the molecule is CCn1c(-c2ccc(NP(=O)(OC)OC)cc2)c(C#N)c2ccc(OC)cc21.